The molecule has 1 spiro atoms. The zero-order valence-electron chi connectivity index (χ0n) is 14.6. The van der Waals surface area contributed by atoms with Crippen molar-refractivity contribution in [1.82, 2.24) is 0 Å². The molecule has 1 aromatic carbocycles. The molecule has 0 saturated heterocycles. The summed E-state index contributed by atoms with van der Waals surface area (Å²) in [6.07, 6.45) is 6.23. The predicted molar refractivity (Wildman–Crippen MR) is 89.4 cm³/mol. The minimum Gasteiger partial charge on any atom is -0.486 e. The second kappa shape index (κ2) is 4.51. The standard InChI is InChI=1S/C20H30O/c1-18(2,3)15-9-10-16(19(4,5)6)17-14(15)13-20(21-17)11-7-8-12-20/h9-10H,7-8,11-13H2,1-6H3. The van der Waals surface area contributed by atoms with Crippen molar-refractivity contribution in [3.05, 3.63) is 28.8 Å². The SMILES string of the molecule is CC(C)(C)c1ccc(C(C)(C)C)c2c1CC1(CCCC1)O2. The lowest BCUT2D eigenvalue weighted by Gasteiger charge is -2.27. The summed E-state index contributed by atoms with van der Waals surface area (Å²) in [5.74, 6) is 1.22. The second-order valence-corrected chi connectivity index (χ2v) is 9.14. The summed E-state index contributed by atoms with van der Waals surface area (Å²) in [4.78, 5) is 0. The normalized spacial score (nSPS) is 20.7. The van der Waals surface area contributed by atoms with E-state index >= 15 is 0 Å². The monoisotopic (exact) mass is 286 g/mol. The Kier molecular flexibility index (Phi) is 3.21. The third kappa shape index (κ3) is 2.49. The predicted octanol–water partition coefficient (Wildman–Crippen LogP) is 5.53. The van der Waals surface area contributed by atoms with Crippen molar-refractivity contribution in [1.29, 1.82) is 0 Å². The number of hydrogen-bond donors (Lipinski definition) is 0. The molecule has 0 radical (unpaired) electrons. The highest BCUT2D eigenvalue weighted by Crippen LogP contribution is 2.51. The van der Waals surface area contributed by atoms with Gasteiger partial charge in [-0.3, -0.25) is 0 Å². The van der Waals surface area contributed by atoms with Crippen LogP contribution in [0, 0.1) is 0 Å². The van der Waals surface area contributed by atoms with Gasteiger partial charge in [-0.2, -0.15) is 0 Å². The largest absolute Gasteiger partial charge is 0.486 e. The van der Waals surface area contributed by atoms with Crippen molar-refractivity contribution in [2.45, 2.75) is 90.1 Å². The zero-order valence-corrected chi connectivity index (χ0v) is 14.6. The van der Waals surface area contributed by atoms with Gasteiger partial charge in [0, 0.05) is 12.0 Å². The summed E-state index contributed by atoms with van der Waals surface area (Å²) >= 11 is 0. The molecule has 1 aliphatic heterocycles. The van der Waals surface area contributed by atoms with Crippen molar-refractivity contribution >= 4 is 0 Å². The number of hydrogen-bond acceptors (Lipinski definition) is 1. The van der Waals surface area contributed by atoms with E-state index in [0.29, 0.717) is 0 Å². The molecule has 0 amide bonds. The first-order valence-corrected chi connectivity index (χ1v) is 8.48. The van der Waals surface area contributed by atoms with E-state index < -0.39 is 0 Å². The van der Waals surface area contributed by atoms with E-state index in [0.717, 1.165) is 6.42 Å². The highest BCUT2D eigenvalue weighted by molar-refractivity contribution is 5.54. The van der Waals surface area contributed by atoms with Gasteiger partial charge in [-0.15, -0.1) is 0 Å². The van der Waals surface area contributed by atoms with Gasteiger partial charge in [-0.25, -0.2) is 0 Å². The molecule has 3 rings (SSSR count). The van der Waals surface area contributed by atoms with Crippen LogP contribution in [0.5, 0.6) is 5.75 Å². The maximum atomic E-state index is 6.65. The number of ether oxygens (including phenoxy) is 1. The lowest BCUT2D eigenvalue weighted by atomic mass is 9.77. The smallest absolute Gasteiger partial charge is 0.127 e. The second-order valence-electron chi connectivity index (χ2n) is 9.14. The molecule has 1 aromatic rings. The molecule has 21 heavy (non-hydrogen) atoms. The van der Waals surface area contributed by atoms with E-state index in [1.54, 1.807) is 0 Å². The van der Waals surface area contributed by atoms with Gasteiger partial charge in [0.15, 0.2) is 0 Å². The molecule has 0 atom stereocenters. The lowest BCUT2D eigenvalue weighted by Crippen LogP contribution is -2.30. The number of rotatable bonds is 0. The maximum absolute atomic E-state index is 6.65. The van der Waals surface area contributed by atoms with E-state index in [9.17, 15) is 0 Å². The zero-order chi connectivity index (χ0) is 15.5. The Balaban J connectivity index is 2.15. The van der Waals surface area contributed by atoms with Gasteiger partial charge in [0.1, 0.15) is 11.4 Å². The van der Waals surface area contributed by atoms with Crippen LogP contribution in [0.3, 0.4) is 0 Å². The average Bonchev–Trinajstić information content (AvgIpc) is 2.92. The van der Waals surface area contributed by atoms with E-state index in [1.807, 2.05) is 0 Å². The van der Waals surface area contributed by atoms with E-state index in [-0.39, 0.29) is 16.4 Å². The Morgan fingerprint density at radius 3 is 1.90 bits per heavy atom. The summed E-state index contributed by atoms with van der Waals surface area (Å²) in [7, 11) is 0. The van der Waals surface area contributed by atoms with E-state index in [1.165, 1.54) is 48.1 Å². The quantitative estimate of drug-likeness (QED) is 0.609. The van der Waals surface area contributed by atoms with E-state index in [4.69, 9.17) is 4.74 Å². The first-order chi connectivity index (χ1) is 9.62. The van der Waals surface area contributed by atoms with Gasteiger partial charge in [-0.1, -0.05) is 53.7 Å². The molecule has 0 aromatic heterocycles. The van der Waals surface area contributed by atoms with Crippen LogP contribution in [0.2, 0.25) is 0 Å². The van der Waals surface area contributed by atoms with Crippen LogP contribution in [0.4, 0.5) is 0 Å². The minimum atomic E-state index is 0.115. The third-order valence-electron chi connectivity index (χ3n) is 5.21. The fourth-order valence-electron chi connectivity index (χ4n) is 4.09. The highest BCUT2D eigenvalue weighted by Gasteiger charge is 2.45. The molecular weight excluding hydrogens is 256 g/mol. The van der Waals surface area contributed by atoms with Gasteiger partial charge in [0.25, 0.3) is 0 Å². The molecule has 0 bridgehead atoms. The molecule has 1 aliphatic carbocycles. The summed E-state index contributed by atoms with van der Waals surface area (Å²) in [5.41, 5.74) is 4.81. The Morgan fingerprint density at radius 2 is 1.38 bits per heavy atom. The summed E-state index contributed by atoms with van der Waals surface area (Å²) < 4.78 is 6.65. The molecule has 1 heterocycles. The van der Waals surface area contributed by atoms with Crippen LogP contribution in [0.1, 0.15) is 83.9 Å². The molecule has 2 aliphatic rings. The summed E-state index contributed by atoms with van der Waals surface area (Å²) in [6.45, 7) is 13.8. The lowest BCUT2D eigenvalue weighted by molar-refractivity contribution is 0.101. The van der Waals surface area contributed by atoms with Gasteiger partial charge in [0.05, 0.1) is 0 Å². The van der Waals surface area contributed by atoms with Gasteiger partial charge < -0.3 is 4.74 Å². The first-order valence-electron chi connectivity index (χ1n) is 8.48. The van der Waals surface area contributed by atoms with Crippen molar-refractivity contribution in [3.8, 4) is 5.75 Å². The van der Waals surface area contributed by atoms with Crippen LogP contribution in [0.25, 0.3) is 0 Å². The fraction of sp³-hybridized carbons (Fsp3) is 0.700. The molecule has 1 saturated carbocycles. The van der Waals surface area contributed by atoms with Crippen LogP contribution in [0.15, 0.2) is 12.1 Å². The molecule has 1 heteroatoms. The van der Waals surface area contributed by atoms with Crippen LogP contribution >= 0.6 is 0 Å². The fourth-order valence-corrected chi connectivity index (χ4v) is 4.09. The number of benzene rings is 1. The molecule has 0 unspecified atom stereocenters. The molecule has 1 nitrogen and oxygen atoms in total. The van der Waals surface area contributed by atoms with Crippen LogP contribution in [-0.4, -0.2) is 5.60 Å². The average molecular weight is 286 g/mol. The first kappa shape index (κ1) is 14.9. The Hall–Kier alpha value is -0.980. The van der Waals surface area contributed by atoms with Gasteiger partial charge in [0.2, 0.25) is 0 Å². The van der Waals surface area contributed by atoms with Crippen molar-refractivity contribution in [2.24, 2.45) is 0 Å². The Bertz CT molecular complexity index is 503. The minimum absolute atomic E-state index is 0.115. The van der Waals surface area contributed by atoms with E-state index in [2.05, 4.69) is 53.7 Å². The summed E-state index contributed by atoms with van der Waals surface area (Å²) in [5, 5.41) is 0. The Morgan fingerprint density at radius 1 is 0.857 bits per heavy atom. The van der Waals surface area contributed by atoms with Crippen LogP contribution < -0.4 is 4.74 Å². The molecule has 1 fully saturated rings. The van der Waals surface area contributed by atoms with Gasteiger partial charge >= 0.3 is 0 Å². The van der Waals surface area contributed by atoms with Crippen molar-refractivity contribution in [2.75, 3.05) is 0 Å². The summed E-state index contributed by atoms with van der Waals surface area (Å²) in [6, 6.07) is 4.67. The third-order valence-corrected chi connectivity index (χ3v) is 5.21. The highest BCUT2D eigenvalue weighted by atomic mass is 16.5. The Labute approximate surface area is 130 Å². The topological polar surface area (TPSA) is 9.23 Å². The van der Waals surface area contributed by atoms with Crippen molar-refractivity contribution in [3.63, 3.8) is 0 Å². The number of fused-ring (bicyclic) bond motifs is 1. The maximum Gasteiger partial charge on any atom is 0.127 e. The molecule has 0 N–H and O–H groups in total. The van der Waals surface area contributed by atoms with Crippen molar-refractivity contribution < 1.29 is 4.74 Å². The van der Waals surface area contributed by atoms with Gasteiger partial charge in [-0.05, 0) is 47.6 Å². The molecular formula is C20H30O. The molecule has 116 valence electrons. The van der Waals surface area contributed by atoms with Crippen LogP contribution in [-0.2, 0) is 17.3 Å².